The van der Waals surface area contributed by atoms with Crippen molar-refractivity contribution in [2.24, 2.45) is 5.92 Å². The second kappa shape index (κ2) is 4.75. The predicted molar refractivity (Wildman–Crippen MR) is 66.0 cm³/mol. The van der Waals surface area contributed by atoms with Crippen molar-refractivity contribution < 1.29 is 0 Å². The number of rotatable bonds is 1. The smallest absolute Gasteiger partial charge is 0.0675 e. The number of hydrogen-bond acceptors (Lipinski definition) is 2. The highest BCUT2D eigenvalue weighted by molar-refractivity contribution is 5.06. The fourth-order valence-electron chi connectivity index (χ4n) is 3.55. The van der Waals surface area contributed by atoms with Crippen LogP contribution in [-0.4, -0.2) is 23.0 Å². The van der Waals surface area contributed by atoms with Gasteiger partial charge in [0.25, 0.3) is 0 Å². The number of nitrogens with zero attached hydrogens (tertiary/aromatic N) is 2. The van der Waals surface area contributed by atoms with E-state index in [9.17, 15) is 5.26 Å². The van der Waals surface area contributed by atoms with Crippen LogP contribution in [0.3, 0.4) is 0 Å². The largest absolute Gasteiger partial charge is 0.294 e. The van der Waals surface area contributed by atoms with Gasteiger partial charge in [0.15, 0.2) is 0 Å². The van der Waals surface area contributed by atoms with Crippen LogP contribution in [0.25, 0.3) is 0 Å². The topological polar surface area (TPSA) is 27.0 Å². The molecule has 0 amide bonds. The van der Waals surface area contributed by atoms with E-state index in [0.29, 0.717) is 0 Å². The third-order valence-electron chi connectivity index (χ3n) is 4.67. The number of hydrogen-bond donors (Lipinski definition) is 0. The molecule has 1 saturated heterocycles. The van der Waals surface area contributed by atoms with Gasteiger partial charge in [-0.15, -0.1) is 0 Å². The minimum atomic E-state index is 0.101. The van der Waals surface area contributed by atoms with Crippen LogP contribution in [0.15, 0.2) is 0 Å². The average Bonchev–Trinajstić information content (AvgIpc) is 2.46. The van der Waals surface area contributed by atoms with E-state index < -0.39 is 0 Å². The van der Waals surface area contributed by atoms with Crippen LogP contribution < -0.4 is 0 Å². The highest BCUT2D eigenvalue weighted by atomic mass is 15.2. The van der Waals surface area contributed by atoms with Gasteiger partial charge in [0.05, 0.1) is 12.0 Å². The van der Waals surface area contributed by atoms with E-state index in [1.165, 1.54) is 38.5 Å². The first-order valence-electron chi connectivity index (χ1n) is 6.82. The lowest BCUT2D eigenvalue weighted by atomic mass is 9.88. The van der Waals surface area contributed by atoms with Gasteiger partial charge in [0, 0.05) is 18.1 Å². The van der Waals surface area contributed by atoms with Gasteiger partial charge in [-0.05, 0) is 33.1 Å². The van der Waals surface area contributed by atoms with E-state index in [4.69, 9.17) is 0 Å². The van der Waals surface area contributed by atoms with Crippen LogP contribution in [0, 0.1) is 17.2 Å². The second-order valence-corrected chi connectivity index (χ2v) is 5.96. The van der Waals surface area contributed by atoms with Crippen molar-refractivity contribution in [1.82, 2.24) is 4.90 Å². The molecule has 0 aromatic carbocycles. The Balaban J connectivity index is 2.06. The molecule has 0 spiro atoms. The van der Waals surface area contributed by atoms with E-state index in [2.05, 4.69) is 24.8 Å². The Morgan fingerprint density at radius 3 is 2.19 bits per heavy atom. The summed E-state index contributed by atoms with van der Waals surface area (Å²) in [6.45, 7) is 5.66. The quantitative estimate of drug-likeness (QED) is 0.634. The van der Waals surface area contributed by atoms with Crippen LogP contribution in [0.4, 0.5) is 0 Å². The second-order valence-electron chi connectivity index (χ2n) is 5.96. The molecule has 0 aromatic rings. The summed E-state index contributed by atoms with van der Waals surface area (Å²) >= 11 is 0. The van der Waals surface area contributed by atoms with Gasteiger partial charge in [-0.3, -0.25) is 4.90 Å². The summed E-state index contributed by atoms with van der Waals surface area (Å²) in [6, 6.07) is 3.24. The Hall–Kier alpha value is -0.550. The first kappa shape index (κ1) is 11.9. The maximum atomic E-state index is 9.20. The monoisotopic (exact) mass is 220 g/mol. The van der Waals surface area contributed by atoms with Crippen LogP contribution in [-0.2, 0) is 0 Å². The minimum absolute atomic E-state index is 0.101. The van der Waals surface area contributed by atoms with Crippen LogP contribution >= 0.6 is 0 Å². The molecular weight excluding hydrogens is 196 g/mol. The van der Waals surface area contributed by atoms with E-state index in [-0.39, 0.29) is 11.5 Å². The fraction of sp³-hybridized carbons (Fsp3) is 0.929. The molecule has 0 radical (unpaired) electrons. The predicted octanol–water partition coefficient (Wildman–Crippen LogP) is 3.33. The van der Waals surface area contributed by atoms with Crippen molar-refractivity contribution in [2.45, 2.75) is 70.4 Å². The standard InChI is InChI=1S/C14H24N2/c1-14(2)12(11-15)9-10-16(14)13-7-5-3-4-6-8-13/h12-13H,3-10H2,1-2H3. The maximum Gasteiger partial charge on any atom is 0.0675 e. The van der Waals surface area contributed by atoms with Gasteiger partial charge in [-0.2, -0.15) is 5.26 Å². The molecule has 0 aromatic heterocycles. The molecule has 2 nitrogen and oxygen atoms in total. The Kier molecular flexibility index (Phi) is 3.54. The van der Waals surface area contributed by atoms with E-state index in [1.54, 1.807) is 0 Å². The molecule has 90 valence electrons. The molecule has 2 heteroatoms. The van der Waals surface area contributed by atoms with Gasteiger partial charge in [0.2, 0.25) is 0 Å². The number of nitriles is 1. The first-order chi connectivity index (χ1) is 7.66. The molecule has 0 bridgehead atoms. The van der Waals surface area contributed by atoms with Gasteiger partial charge in [-0.1, -0.05) is 25.7 Å². The van der Waals surface area contributed by atoms with Crippen molar-refractivity contribution in [2.75, 3.05) is 6.54 Å². The van der Waals surface area contributed by atoms with Crippen LogP contribution in [0.1, 0.15) is 58.8 Å². The van der Waals surface area contributed by atoms with Gasteiger partial charge < -0.3 is 0 Å². The molecule has 1 atom stereocenters. The summed E-state index contributed by atoms with van der Waals surface area (Å²) in [5, 5.41) is 9.20. The highest BCUT2D eigenvalue weighted by Gasteiger charge is 2.44. The van der Waals surface area contributed by atoms with E-state index in [0.717, 1.165) is 19.0 Å². The van der Waals surface area contributed by atoms with Gasteiger partial charge in [-0.25, -0.2) is 0 Å². The van der Waals surface area contributed by atoms with Gasteiger partial charge in [0.1, 0.15) is 0 Å². The molecule has 1 saturated carbocycles. The lowest BCUT2D eigenvalue weighted by molar-refractivity contribution is 0.0912. The average molecular weight is 220 g/mol. The SMILES string of the molecule is CC1(C)C(C#N)CCN1C1CCCCCC1. The van der Waals surface area contributed by atoms with Crippen LogP contribution in [0.2, 0.25) is 0 Å². The maximum absolute atomic E-state index is 9.20. The molecule has 2 fully saturated rings. The first-order valence-corrected chi connectivity index (χ1v) is 6.82. The molecule has 0 N–H and O–H groups in total. The molecule has 1 aliphatic heterocycles. The summed E-state index contributed by atoms with van der Waals surface area (Å²) in [7, 11) is 0. The zero-order valence-electron chi connectivity index (χ0n) is 10.7. The summed E-state index contributed by atoms with van der Waals surface area (Å²) in [5.41, 5.74) is 0.101. The third-order valence-corrected chi connectivity index (χ3v) is 4.67. The van der Waals surface area contributed by atoms with E-state index >= 15 is 0 Å². The summed E-state index contributed by atoms with van der Waals surface area (Å²) in [6.07, 6.45) is 9.35. The Bertz CT molecular complexity index is 269. The van der Waals surface area contributed by atoms with Crippen molar-refractivity contribution in [3.63, 3.8) is 0 Å². The molecule has 1 aliphatic carbocycles. The van der Waals surface area contributed by atoms with Gasteiger partial charge >= 0.3 is 0 Å². The lowest BCUT2D eigenvalue weighted by Crippen LogP contribution is -2.47. The van der Waals surface area contributed by atoms with Crippen molar-refractivity contribution >= 4 is 0 Å². The van der Waals surface area contributed by atoms with Crippen molar-refractivity contribution in [3.05, 3.63) is 0 Å². The molecule has 1 unspecified atom stereocenters. The third kappa shape index (κ3) is 2.11. The Labute approximate surface area is 99.6 Å². The lowest BCUT2D eigenvalue weighted by Gasteiger charge is -2.39. The molecular formula is C14H24N2. The zero-order chi connectivity index (χ0) is 11.6. The van der Waals surface area contributed by atoms with Crippen molar-refractivity contribution in [3.8, 4) is 6.07 Å². The normalized spacial score (nSPS) is 32.2. The summed E-state index contributed by atoms with van der Waals surface area (Å²) in [5.74, 6) is 0.232. The number of likely N-dealkylation sites (tertiary alicyclic amines) is 1. The van der Waals surface area contributed by atoms with Crippen LogP contribution in [0.5, 0.6) is 0 Å². The van der Waals surface area contributed by atoms with E-state index in [1.807, 2.05) is 0 Å². The molecule has 16 heavy (non-hydrogen) atoms. The Morgan fingerprint density at radius 1 is 1.06 bits per heavy atom. The Morgan fingerprint density at radius 2 is 1.69 bits per heavy atom. The molecule has 1 heterocycles. The summed E-state index contributed by atoms with van der Waals surface area (Å²) in [4.78, 5) is 2.63. The minimum Gasteiger partial charge on any atom is -0.294 e. The molecule has 2 aliphatic rings. The zero-order valence-corrected chi connectivity index (χ0v) is 10.7. The summed E-state index contributed by atoms with van der Waals surface area (Å²) < 4.78 is 0. The molecule has 2 rings (SSSR count). The highest BCUT2D eigenvalue weighted by Crippen LogP contribution is 2.38. The fourth-order valence-corrected chi connectivity index (χ4v) is 3.55. The van der Waals surface area contributed by atoms with Crippen molar-refractivity contribution in [1.29, 1.82) is 5.26 Å².